The first-order chi connectivity index (χ1) is 4.98. The summed E-state index contributed by atoms with van der Waals surface area (Å²) in [7, 11) is -0.461. The van der Waals surface area contributed by atoms with Gasteiger partial charge in [-0.2, -0.15) is 0 Å². The maximum atomic E-state index is 11.5. The Balaban J connectivity index is 4.38. The van der Waals surface area contributed by atoms with Crippen molar-refractivity contribution in [2.24, 2.45) is 0 Å². The number of hydrogen-bond acceptors (Lipinski definition) is 4. The minimum atomic E-state index is -3.08. The van der Waals surface area contributed by atoms with Crippen molar-refractivity contribution in [1.82, 2.24) is 0 Å². The van der Waals surface area contributed by atoms with E-state index < -0.39 is 19.4 Å². The van der Waals surface area contributed by atoms with Crippen LogP contribution in [0.15, 0.2) is 0 Å². The van der Waals surface area contributed by atoms with Crippen molar-refractivity contribution in [2.75, 3.05) is 14.2 Å². The number of aliphatic hydroxyl groups excluding tert-OH is 1. The second kappa shape index (κ2) is 4.21. The Hall–Kier alpha value is 0.110. The molecule has 68 valence electrons. The Morgan fingerprint density at radius 3 is 1.73 bits per heavy atom. The molecule has 0 aromatic heterocycles. The highest BCUT2D eigenvalue weighted by molar-refractivity contribution is 7.54. The molecule has 0 unspecified atom stereocenters. The van der Waals surface area contributed by atoms with Gasteiger partial charge in [-0.05, 0) is 13.8 Å². The highest BCUT2D eigenvalue weighted by atomic mass is 31.2. The zero-order valence-electron chi connectivity index (χ0n) is 7.27. The minimum Gasteiger partial charge on any atom is -0.392 e. The summed E-state index contributed by atoms with van der Waals surface area (Å²) in [4.78, 5) is 0. The number of rotatable bonds is 4. The fourth-order valence-electron chi connectivity index (χ4n) is 0.671. The van der Waals surface area contributed by atoms with Crippen LogP contribution < -0.4 is 0 Å². The van der Waals surface area contributed by atoms with Crippen LogP contribution in [0.3, 0.4) is 0 Å². The molecule has 5 heteroatoms. The van der Waals surface area contributed by atoms with Gasteiger partial charge in [-0.1, -0.05) is 0 Å². The zero-order chi connectivity index (χ0) is 9.07. The highest BCUT2D eigenvalue weighted by Crippen LogP contribution is 2.52. The van der Waals surface area contributed by atoms with E-state index in [4.69, 9.17) is 5.11 Å². The fraction of sp³-hybridized carbons (Fsp3) is 1.00. The maximum Gasteiger partial charge on any atom is 0.335 e. The van der Waals surface area contributed by atoms with Crippen molar-refractivity contribution in [3.63, 3.8) is 0 Å². The molecule has 0 radical (unpaired) electrons. The van der Waals surface area contributed by atoms with Gasteiger partial charge in [0.15, 0.2) is 0 Å². The van der Waals surface area contributed by atoms with Gasteiger partial charge in [-0.15, -0.1) is 0 Å². The molecule has 0 rings (SSSR count). The lowest BCUT2D eigenvalue weighted by molar-refractivity contribution is 0.169. The molecule has 0 aliphatic carbocycles. The third-order valence-electron chi connectivity index (χ3n) is 1.71. The summed E-state index contributed by atoms with van der Waals surface area (Å²) >= 11 is 0. The molecular weight excluding hydrogens is 167 g/mol. The van der Waals surface area contributed by atoms with Crippen molar-refractivity contribution in [2.45, 2.75) is 25.6 Å². The van der Waals surface area contributed by atoms with Crippen LogP contribution in [0.25, 0.3) is 0 Å². The van der Waals surface area contributed by atoms with Crippen molar-refractivity contribution in [1.29, 1.82) is 0 Å². The summed E-state index contributed by atoms with van der Waals surface area (Å²) in [6.45, 7) is 3.17. The lowest BCUT2D eigenvalue weighted by Crippen LogP contribution is -2.20. The van der Waals surface area contributed by atoms with E-state index in [9.17, 15) is 4.57 Å². The lowest BCUT2D eigenvalue weighted by Gasteiger charge is -2.22. The number of hydrogen-bond donors (Lipinski definition) is 1. The predicted molar refractivity (Wildman–Crippen MR) is 42.8 cm³/mol. The molecule has 0 aromatic rings. The van der Waals surface area contributed by atoms with Gasteiger partial charge in [-0.25, -0.2) is 0 Å². The van der Waals surface area contributed by atoms with Gasteiger partial charge < -0.3 is 14.2 Å². The SMILES string of the molecule is COP(=O)(OC)[C@H](C)[C@H](C)O. The molecule has 1 N–H and O–H groups in total. The molecular formula is C6H15O4P. The van der Waals surface area contributed by atoms with Gasteiger partial charge >= 0.3 is 7.60 Å². The molecule has 11 heavy (non-hydrogen) atoms. The molecule has 0 heterocycles. The lowest BCUT2D eigenvalue weighted by atomic mass is 10.3. The first-order valence-electron chi connectivity index (χ1n) is 3.37. The normalized spacial score (nSPS) is 17.9. The minimum absolute atomic E-state index is 0.488. The molecule has 0 aliphatic heterocycles. The van der Waals surface area contributed by atoms with E-state index in [0.29, 0.717) is 0 Å². The molecule has 0 bridgehead atoms. The smallest absolute Gasteiger partial charge is 0.335 e. The van der Waals surface area contributed by atoms with Crippen LogP contribution in [0, 0.1) is 0 Å². The third kappa shape index (κ3) is 2.56. The van der Waals surface area contributed by atoms with Crippen molar-refractivity contribution >= 4 is 7.60 Å². The van der Waals surface area contributed by atoms with E-state index in [1.165, 1.54) is 14.2 Å². The van der Waals surface area contributed by atoms with Gasteiger partial charge in [0.25, 0.3) is 0 Å². The van der Waals surface area contributed by atoms with Gasteiger partial charge in [0.1, 0.15) is 0 Å². The maximum absolute atomic E-state index is 11.5. The zero-order valence-corrected chi connectivity index (χ0v) is 8.17. The van der Waals surface area contributed by atoms with Gasteiger partial charge in [0.2, 0.25) is 0 Å². The second-order valence-electron chi connectivity index (χ2n) is 2.39. The molecule has 2 atom stereocenters. The quantitative estimate of drug-likeness (QED) is 0.664. The Morgan fingerprint density at radius 2 is 1.64 bits per heavy atom. The predicted octanol–water partition coefficient (Wildman–Crippen LogP) is 1.24. The van der Waals surface area contributed by atoms with E-state index in [2.05, 4.69) is 9.05 Å². The average molecular weight is 182 g/mol. The van der Waals surface area contributed by atoms with Gasteiger partial charge in [0.05, 0.1) is 11.8 Å². The van der Waals surface area contributed by atoms with E-state index in [0.717, 1.165) is 0 Å². The van der Waals surface area contributed by atoms with Crippen LogP contribution in [0.1, 0.15) is 13.8 Å². The van der Waals surface area contributed by atoms with Crippen LogP contribution >= 0.6 is 7.60 Å². The second-order valence-corrected chi connectivity index (χ2v) is 5.01. The van der Waals surface area contributed by atoms with E-state index in [1.807, 2.05) is 0 Å². The summed E-state index contributed by atoms with van der Waals surface area (Å²) < 4.78 is 20.9. The van der Waals surface area contributed by atoms with Crippen molar-refractivity contribution in [3.05, 3.63) is 0 Å². The summed E-state index contributed by atoms with van der Waals surface area (Å²) in [6.07, 6.45) is -0.694. The van der Waals surface area contributed by atoms with Crippen molar-refractivity contribution < 1.29 is 18.7 Å². The fourth-order valence-corrected chi connectivity index (χ4v) is 2.01. The van der Waals surface area contributed by atoms with Crippen molar-refractivity contribution in [3.8, 4) is 0 Å². The number of aliphatic hydroxyl groups is 1. The highest BCUT2D eigenvalue weighted by Gasteiger charge is 2.33. The Labute approximate surface area is 67.0 Å². The molecule has 4 nitrogen and oxygen atoms in total. The van der Waals surface area contributed by atoms with Crippen LogP contribution in [-0.2, 0) is 13.6 Å². The molecule has 0 spiro atoms. The first kappa shape index (κ1) is 11.1. The Bertz CT molecular complexity index is 149. The average Bonchev–Trinajstić information content (AvgIpc) is 2.01. The van der Waals surface area contributed by atoms with Crippen LogP contribution in [0.2, 0.25) is 0 Å². The van der Waals surface area contributed by atoms with Crippen LogP contribution in [-0.4, -0.2) is 31.1 Å². The van der Waals surface area contributed by atoms with E-state index in [1.54, 1.807) is 13.8 Å². The Kier molecular flexibility index (Phi) is 4.26. The van der Waals surface area contributed by atoms with Gasteiger partial charge in [0, 0.05) is 14.2 Å². The molecule has 0 fully saturated rings. The Morgan fingerprint density at radius 1 is 1.27 bits per heavy atom. The first-order valence-corrected chi connectivity index (χ1v) is 4.98. The molecule has 0 aromatic carbocycles. The van der Waals surface area contributed by atoms with Crippen LogP contribution in [0.4, 0.5) is 0 Å². The molecule has 0 saturated carbocycles. The molecule has 0 saturated heterocycles. The summed E-state index contributed by atoms with van der Waals surface area (Å²) in [5.41, 5.74) is -0.488. The third-order valence-corrected chi connectivity index (χ3v) is 4.15. The molecule has 0 amide bonds. The topological polar surface area (TPSA) is 55.8 Å². The standard InChI is InChI=1S/C6H15O4P/c1-5(7)6(2)11(8,9-3)10-4/h5-7H,1-4H3/t5-,6+/m0/s1. The summed E-state index contributed by atoms with van der Waals surface area (Å²) in [6, 6.07) is 0. The molecule has 0 aliphatic rings. The van der Waals surface area contributed by atoms with E-state index >= 15 is 0 Å². The summed E-state index contributed by atoms with van der Waals surface area (Å²) in [5.74, 6) is 0. The summed E-state index contributed by atoms with van der Waals surface area (Å²) in [5, 5.41) is 9.09. The van der Waals surface area contributed by atoms with E-state index in [-0.39, 0.29) is 0 Å². The largest absolute Gasteiger partial charge is 0.392 e. The van der Waals surface area contributed by atoms with Gasteiger partial charge in [-0.3, -0.25) is 4.57 Å². The monoisotopic (exact) mass is 182 g/mol. The van der Waals surface area contributed by atoms with Crippen LogP contribution in [0.5, 0.6) is 0 Å².